The number of benzene rings is 1. The Morgan fingerprint density at radius 3 is 2.77 bits per heavy atom. The Morgan fingerprint density at radius 2 is 2.14 bits per heavy atom. The zero-order valence-corrected chi connectivity index (χ0v) is 13.1. The molecule has 0 saturated carbocycles. The van der Waals surface area contributed by atoms with E-state index in [-0.39, 0.29) is 25.6 Å². The normalized spacial score (nSPS) is 11.6. The number of anilines is 1. The second kappa shape index (κ2) is 7.71. The van der Waals surface area contributed by atoms with Gasteiger partial charge in [0.15, 0.2) is 5.58 Å². The number of carbonyl (C=O) groups excluding carboxylic acids is 1. The molecule has 0 aliphatic carbocycles. The summed E-state index contributed by atoms with van der Waals surface area (Å²) in [6.07, 6.45) is -0.868. The van der Waals surface area contributed by atoms with Crippen molar-refractivity contribution in [2.24, 2.45) is 11.5 Å². The van der Waals surface area contributed by atoms with Crippen LogP contribution in [0.15, 0.2) is 22.7 Å². The van der Waals surface area contributed by atoms with Crippen LogP contribution in [-0.4, -0.2) is 44.6 Å². The van der Waals surface area contributed by atoms with Gasteiger partial charge in [-0.3, -0.25) is 0 Å². The summed E-state index contributed by atoms with van der Waals surface area (Å²) in [6.45, 7) is 0.106. The van der Waals surface area contributed by atoms with Crippen LogP contribution in [0, 0.1) is 0 Å². The number of primary amides is 1. The van der Waals surface area contributed by atoms with Crippen molar-refractivity contribution in [2.75, 3.05) is 32.2 Å². The first-order valence-corrected chi connectivity index (χ1v) is 6.34. The minimum Gasteiger partial charge on any atom is -0.473 e. The zero-order valence-electron chi connectivity index (χ0n) is 12.3. The summed E-state index contributed by atoms with van der Waals surface area (Å²) in [5.41, 5.74) is 12.2. The second-order valence-corrected chi connectivity index (χ2v) is 4.76. The molecule has 22 heavy (non-hydrogen) atoms. The van der Waals surface area contributed by atoms with Crippen LogP contribution in [0.2, 0.25) is 0 Å². The van der Waals surface area contributed by atoms with Gasteiger partial charge in [0.25, 0.3) is 5.88 Å². The molecule has 1 heterocycles. The molecular weight excluding hydrogens is 312 g/mol. The summed E-state index contributed by atoms with van der Waals surface area (Å²) in [4.78, 5) is 12.4. The molecule has 0 saturated heterocycles. The number of hydrogen-bond acceptors (Lipinski definition) is 7. The van der Waals surface area contributed by atoms with Gasteiger partial charge in [-0.1, -0.05) is 0 Å². The van der Waals surface area contributed by atoms with Crippen LogP contribution in [0.5, 0.6) is 5.88 Å². The first-order valence-electron chi connectivity index (χ1n) is 6.34. The van der Waals surface area contributed by atoms with Crippen LogP contribution in [0.1, 0.15) is 0 Å². The van der Waals surface area contributed by atoms with Crippen LogP contribution in [0.3, 0.4) is 0 Å². The Hall–Kier alpha value is -2.19. The maximum absolute atomic E-state index is 10.5. The summed E-state index contributed by atoms with van der Waals surface area (Å²) >= 11 is 0. The fourth-order valence-corrected chi connectivity index (χ4v) is 1.71. The number of ether oxygens (including phenoxy) is 2. The molecule has 0 radical (unpaired) electrons. The molecule has 0 bridgehead atoms. The maximum atomic E-state index is 10.5. The highest BCUT2D eigenvalue weighted by molar-refractivity contribution is 5.86. The van der Waals surface area contributed by atoms with Gasteiger partial charge in [-0.2, -0.15) is 0 Å². The number of rotatable bonds is 6. The van der Waals surface area contributed by atoms with Crippen LogP contribution < -0.4 is 21.1 Å². The third-order valence-corrected chi connectivity index (χ3v) is 2.81. The van der Waals surface area contributed by atoms with Crippen molar-refractivity contribution in [3.8, 4) is 5.88 Å². The molecular formula is C13H19ClN4O4. The SMILES string of the molecule is CN(C)c1ccc2onc(OCC(N)COC(N)=O)c2c1.Cl. The van der Waals surface area contributed by atoms with Gasteiger partial charge in [0, 0.05) is 19.8 Å². The van der Waals surface area contributed by atoms with E-state index in [0.29, 0.717) is 11.5 Å². The molecule has 0 aliphatic heterocycles. The predicted octanol–water partition coefficient (Wildman–Crippen LogP) is 1.12. The molecule has 1 unspecified atom stereocenters. The third-order valence-electron chi connectivity index (χ3n) is 2.81. The van der Waals surface area contributed by atoms with Crippen molar-refractivity contribution in [3.05, 3.63) is 18.2 Å². The minimum atomic E-state index is -0.868. The van der Waals surface area contributed by atoms with E-state index >= 15 is 0 Å². The largest absolute Gasteiger partial charge is 0.473 e. The van der Waals surface area contributed by atoms with Gasteiger partial charge < -0.3 is 30.4 Å². The predicted molar refractivity (Wildman–Crippen MR) is 84.6 cm³/mol. The van der Waals surface area contributed by atoms with E-state index in [1.165, 1.54) is 0 Å². The molecule has 4 N–H and O–H groups in total. The molecule has 0 aliphatic rings. The Balaban J connectivity index is 0.00000242. The van der Waals surface area contributed by atoms with Gasteiger partial charge in [0.2, 0.25) is 0 Å². The average Bonchev–Trinajstić information content (AvgIpc) is 2.85. The Morgan fingerprint density at radius 1 is 1.41 bits per heavy atom. The molecule has 122 valence electrons. The van der Waals surface area contributed by atoms with Crippen molar-refractivity contribution in [2.45, 2.75) is 6.04 Å². The molecule has 8 nitrogen and oxygen atoms in total. The Bertz CT molecular complexity index is 632. The molecule has 1 aromatic heterocycles. The van der Waals surface area contributed by atoms with Crippen LogP contribution in [0.25, 0.3) is 11.0 Å². The van der Waals surface area contributed by atoms with Crippen LogP contribution in [-0.2, 0) is 4.74 Å². The van der Waals surface area contributed by atoms with Crippen LogP contribution in [0.4, 0.5) is 10.5 Å². The third kappa shape index (κ3) is 4.40. The lowest BCUT2D eigenvalue weighted by Crippen LogP contribution is -2.34. The zero-order chi connectivity index (χ0) is 15.4. The number of nitrogens with zero attached hydrogens (tertiary/aromatic N) is 2. The average molecular weight is 331 g/mol. The molecule has 2 aromatic rings. The highest BCUT2D eigenvalue weighted by Crippen LogP contribution is 2.28. The molecule has 0 spiro atoms. The minimum absolute atomic E-state index is 0. The summed E-state index contributed by atoms with van der Waals surface area (Å²) < 4.78 is 15.3. The summed E-state index contributed by atoms with van der Waals surface area (Å²) in [5.74, 6) is 0.350. The van der Waals surface area contributed by atoms with Crippen molar-refractivity contribution < 1.29 is 18.8 Å². The van der Waals surface area contributed by atoms with Crippen molar-refractivity contribution in [3.63, 3.8) is 0 Å². The molecule has 2 rings (SSSR count). The summed E-state index contributed by atoms with van der Waals surface area (Å²) in [7, 11) is 3.87. The lowest BCUT2D eigenvalue weighted by atomic mass is 10.2. The quantitative estimate of drug-likeness (QED) is 0.814. The number of halogens is 1. The lowest BCUT2D eigenvalue weighted by Gasteiger charge is -2.12. The van der Waals surface area contributed by atoms with Gasteiger partial charge in [-0.25, -0.2) is 4.79 Å². The number of hydrogen-bond donors (Lipinski definition) is 2. The molecule has 1 atom stereocenters. The van der Waals surface area contributed by atoms with Gasteiger partial charge in [0.1, 0.15) is 13.2 Å². The summed E-state index contributed by atoms with van der Waals surface area (Å²) in [5, 5.41) is 4.61. The maximum Gasteiger partial charge on any atom is 0.404 e. The smallest absolute Gasteiger partial charge is 0.404 e. The molecule has 1 aromatic carbocycles. The van der Waals surface area contributed by atoms with Crippen LogP contribution >= 0.6 is 12.4 Å². The first-order chi connectivity index (χ1) is 9.97. The van der Waals surface area contributed by atoms with Gasteiger partial charge in [-0.15, -0.1) is 12.4 Å². The highest BCUT2D eigenvalue weighted by atomic mass is 35.5. The number of aromatic nitrogens is 1. The van der Waals surface area contributed by atoms with Gasteiger partial charge in [-0.05, 0) is 23.4 Å². The van der Waals surface area contributed by atoms with E-state index in [1.807, 2.05) is 37.2 Å². The summed E-state index contributed by atoms with van der Waals surface area (Å²) in [6, 6.07) is 5.15. The molecule has 0 fully saturated rings. The molecule has 9 heteroatoms. The van der Waals surface area contributed by atoms with Crippen molar-refractivity contribution in [1.29, 1.82) is 0 Å². The second-order valence-electron chi connectivity index (χ2n) is 4.76. The Labute approximate surface area is 133 Å². The monoisotopic (exact) mass is 330 g/mol. The first kappa shape index (κ1) is 17.9. The number of carbonyl (C=O) groups is 1. The van der Waals surface area contributed by atoms with E-state index in [9.17, 15) is 4.79 Å². The number of nitrogens with two attached hydrogens (primary N) is 2. The van der Waals surface area contributed by atoms with Gasteiger partial charge >= 0.3 is 6.09 Å². The number of amides is 1. The van der Waals surface area contributed by atoms with E-state index in [1.54, 1.807) is 0 Å². The number of fused-ring (bicyclic) bond motifs is 1. The fraction of sp³-hybridized carbons (Fsp3) is 0.385. The highest BCUT2D eigenvalue weighted by Gasteiger charge is 2.13. The van der Waals surface area contributed by atoms with E-state index in [2.05, 4.69) is 9.89 Å². The lowest BCUT2D eigenvalue weighted by molar-refractivity contribution is 0.136. The Kier molecular flexibility index (Phi) is 6.26. The fourth-order valence-electron chi connectivity index (χ4n) is 1.71. The van der Waals surface area contributed by atoms with E-state index in [4.69, 9.17) is 20.7 Å². The standard InChI is InChI=1S/C13H18N4O4.ClH/c1-17(2)9-3-4-11-10(5-9)12(16-21-11)19-6-8(14)7-20-13(15)18;/h3-5,8H,6-7,14H2,1-2H3,(H2,15,18);1H. The topological polar surface area (TPSA) is 117 Å². The van der Waals surface area contributed by atoms with E-state index < -0.39 is 12.1 Å². The molecule has 1 amide bonds. The van der Waals surface area contributed by atoms with Crippen molar-refractivity contribution >= 4 is 35.2 Å². The van der Waals surface area contributed by atoms with Crippen molar-refractivity contribution in [1.82, 2.24) is 5.16 Å². The van der Waals surface area contributed by atoms with Gasteiger partial charge in [0.05, 0.1) is 11.4 Å². The van der Waals surface area contributed by atoms with E-state index in [0.717, 1.165) is 11.1 Å².